The lowest BCUT2D eigenvalue weighted by molar-refractivity contribution is -0.0581. The van der Waals surface area contributed by atoms with Gasteiger partial charge >= 0.3 is 0 Å². The predicted octanol–water partition coefficient (Wildman–Crippen LogP) is 4.26. The molecule has 1 aliphatic carbocycles. The highest BCUT2D eigenvalue weighted by molar-refractivity contribution is 7.11. The zero-order chi connectivity index (χ0) is 15.5. The fraction of sp³-hybridized carbons (Fsp3) is 0.824. The summed E-state index contributed by atoms with van der Waals surface area (Å²) in [6, 6.07) is 0.506. The molecule has 0 aliphatic heterocycles. The van der Waals surface area contributed by atoms with Gasteiger partial charge in [-0.1, -0.05) is 34.1 Å². The van der Waals surface area contributed by atoms with E-state index in [1.54, 1.807) is 0 Å². The fourth-order valence-corrected chi connectivity index (χ4v) is 4.57. The lowest BCUT2D eigenvalue weighted by Gasteiger charge is -2.37. The second kappa shape index (κ2) is 7.21. The van der Waals surface area contributed by atoms with Gasteiger partial charge < -0.3 is 10.1 Å². The number of hydrogen-bond donors (Lipinski definition) is 1. The van der Waals surface area contributed by atoms with E-state index < -0.39 is 0 Å². The lowest BCUT2D eigenvalue weighted by atomic mass is 9.79. The molecule has 0 radical (unpaired) electrons. The van der Waals surface area contributed by atoms with Gasteiger partial charge in [0.15, 0.2) is 0 Å². The van der Waals surface area contributed by atoms with E-state index in [0.717, 1.165) is 31.7 Å². The Morgan fingerprint density at radius 2 is 2.24 bits per heavy atom. The monoisotopic (exact) mass is 310 g/mol. The Labute approximate surface area is 133 Å². The van der Waals surface area contributed by atoms with Crippen molar-refractivity contribution in [3.8, 4) is 0 Å². The molecule has 0 spiro atoms. The number of aromatic nitrogens is 1. The van der Waals surface area contributed by atoms with Crippen LogP contribution in [0.15, 0.2) is 0 Å². The van der Waals surface area contributed by atoms with Gasteiger partial charge in [-0.25, -0.2) is 4.98 Å². The Hall–Kier alpha value is -0.450. The smallest absolute Gasteiger partial charge is 0.125 e. The van der Waals surface area contributed by atoms with Crippen molar-refractivity contribution in [2.24, 2.45) is 5.92 Å². The van der Waals surface area contributed by atoms with Gasteiger partial charge in [0.2, 0.25) is 0 Å². The van der Waals surface area contributed by atoms with E-state index in [-0.39, 0.29) is 5.60 Å². The summed E-state index contributed by atoms with van der Waals surface area (Å²) in [6.07, 6.45) is 5.79. The average molecular weight is 311 g/mol. The molecular formula is C17H30N2OS. The van der Waals surface area contributed by atoms with Gasteiger partial charge in [0.1, 0.15) is 10.6 Å². The van der Waals surface area contributed by atoms with Gasteiger partial charge in [-0.15, -0.1) is 11.3 Å². The molecule has 4 heteroatoms. The van der Waals surface area contributed by atoms with Gasteiger partial charge in [-0.2, -0.15) is 0 Å². The molecule has 0 amide bonds. The number of ether oxygens (including phenoxy) is 1. The van der Waals surface area contributed by atoms with Crippen molar-refractivity contribution in [1.29, 1.82) is 0 Å². The van der Waals surface area contributed by atoms with Crippen LogP contribution < -0.4 is 5.32 Å². The topological polar surface area (TPSA) is 34.1 Å². The lowest BCUT2D eigenvalue weighted by Crippen LogP contribution is -2.34. The predicted molar refractivity (Wildman–Crippen MR) is 89.8 cm³/mol. The van der Waals surface area contributed by atoms with Crippen molar-refractivity contribution in [1.82, 2.24) is 10.3 Å². The Morgan fingerprint density at radius 1 is 1.48 bits per heavy atom. The Kier molecular flexibility index (Phi) is 5.81. The van der Waals surface area contributed by atoms with Crippen molar-refractivity contribution in [3.05, 3.63) is 15.6 Å². The molecule has 1 aliphatic rings. The van der Waals surface area contributed by atoms with E-state index >= 15 is 0 Å². The van der Waals surface area contributed by atoms with E-state index in [2.05, 4.69) is 33.0 Å². The summed E-state index contributed by atoms with van der Waals surface area (Å²) in [5.41, 5.74) is 1.11. The first kappa shape index (κ1) is 16.9. The standard InChI is InChI=1S/C17H30N2OS/c1-6-14-15(11-18-12(2)3)21-16(19-14)17(20-5)9-7-8-13(4)10-17/h12-13,18H,6-11H2,1-5H3. The van der Waals surface area contributed by atoms with Gasteiger partial charge in [0, 0.05) is 24.6 Å². The van der Waals surface area contributed by atoms with Crippen LogP contribution in [0.5, 0.6) is 0 Å². The van der Waals surface area contributed by atoms with Crippen molar-refractivity contribution in [3.63, 3.8) is 0 Å². The number of nitrogens with one attached hydrogen (secondary N) is 1. The minimum absolute atomic E-state index is 0.137. The molecule has 1 heterocycles. The van der Waals surface area contributed by atoms with Gasteiger partial charge in [0.05, 0.1) is 5.69 Å². The molecule has 0 bridgehead atoms. The fourth-order valence-electron chi connectivity index (χ4n) is 3.26. The Bertz CT molecular complexity index is 458. The number of aryl methyl sites for hydroxylation is 1. The number of nitrogens with zero attached hydrogens (tertiary/aromatic N) is 1. The molecule has 21 heavy (non-hydrogen) atoms. The zero-order valence-electron chi connectivity index (χ0n) is 14.2. The molecule has 1 aromatic heterocycles. The molecule has 120 valence electrons. The molecule has 1 saturated carbocycles. The first-order valence-electron chi connectivity index (χ1n) is 8.28. The summed E-state index contributed by atoms with van der Waals surface area (Å²) in [5, 5.41) is 4.72. The largest absolute Gasteiger partial charge is 0.371 e. The summed E-state index contributed by atoms with van der Waals surface area (Å²) in [5.74, 6) is 0.727. The maximum Gasteiger partial charge on any atom is 0.125 e. The maximum atomic E-state index is 6.00. The van der Waals surface area contributed by atoms with Crippen LogP contribution >= 0.6 is 11.3 Å². The highest BCUT2D eigenvalue weighted by Gasteiger charge is 2.39. The van der Waals surface area contributed by atoms with Crippen LogP contribution in [-0.4, -0.2) is 18.1 Å². The minimum atomic E-state index is -0.137. The van der Waals surface area contributed by atoms with Crippen LogP contribution in [0.25, 0.3) is 0 Å². The molecule has 0 aromatic carbocycles. The summed E-state index contributed by atoms with van der Waals surface area (Å²) >= 11 is 1.86. The first-order chi connectivity index (χ1) is 10.0. The van der Waals surface area contributed by atoms with E-state index in [0.29, 0.717) is 6.04 Å². The number of methoxy groups -OCH3 is 1. The van der Waals surface area contributed by atoms with Crippen LogP contribution in [-0.2, 0) is 23.3 Å². The van der Waals surface area contributed by atoms with Crippen LogP contribution in [0.4, 0.5) is 0 Å². The summed E-state index contributed by atoms with van der Waals surface area (Å²) in [7, 11) is 1.86. The SMILES string of the molecule is CCc1nc(C2(OC)CCCC(C)C2)sc1CNC(C)C. The maximum absolute atomic E-state index is 6.00. The molecule has 2 atom stereocenters. The molecule has 3 nitrogen and oxygen atoms in total. The third-order valence-electron chi connectivity index (χ3n) is 4.52. The first-order valence-corrected chi connectivity index (χ1v) is 9.10. The molecule has 1 aromatic rings. The highest BCUT2D eigenvalue weighted by Crippen LogP contribution is 2.44. The summed E-state index contributed by atoms with van der Waals surface area (Å²) in [6.45, 7) is 9.83. The molecule has 2 rings (SSSR count). The van der Waals surface area contributed by atoms with Crippen molar-refractivity contribution in [2.75, 3.05) is 7.11 Å². The van der Waals surface area contributed by atoms with Crippen LogP contribution in [0.1, 0.15) is 69.0 Å². The Morgan fingerprint density at radius 3 is 2.81 bits per heavy atom. The number of hydrogen-bond acceptors (Lipinski definition) is 4. The number of thiazole rings is 1. The number of rotatable bonds is 6. The third kappa shape index (κ3) is 3.85. The van der Waals surface area contributed by atoms with Gasteiger partial charge in [-0.05, 0) is 31.6 Å². The van der Waals surface area contributed by atoms with Crippen LogP contribution in [0.2, 0.25) is 0 Å². The van der Waals surface area contributed by atoms with E-state index in [9.17, 15) is 0 Å². The molecule has 0 saturated heterocycles. The van der Waals surface area contributed by atoms with E-state index in [1.165, 1.54) is 28.4 Å². The normalized spacial score (nSPS) is 26.5. The van der Waals surface area contributed by atoms with E-state index in [1.807, 2.05) is 18.4 Å². The minimum Gasteiger partial charge on any atom is -0.371 e. The van der Waals surface area contributed by atoms with Crippen LogP contribution in [0.3, 0.4) is 0 Å². The van der Waals surface area contributed by atoms with Crippen molar-refractivity contribution in [2.45, 2.75) is 78.0 Å². The molecular weight excluding hydrogens is 280 g/mol. The quantitative estimate of drug-likeness (QED) is 0.852. The zero-order valence-corrected chi connectivity index (χ0v) is 15.0. The summed E-state index contributed by atoms with van der Waals surface area (Å²) in [4.78, 5) is 6.35. The van der Waals surface area contributed by atoms with E-state index in [4.69, 9.17) is 9.72 Å². The summed E-state index contributed by atoms with van der Waals surface area (Å²) < 4.78 is 6.00. The van der Waals surface area contributed by atoms with Crippen LogP contribution in [0, 0.1) is 5.92 Å². The second-order valence-corrected chi connectivity index (χ2v) is 7.76. The molecule has 2 unspecified atom stereocenters. The Balaban J connectivity index is 2.25. The van der Waals surface area contributed by atoms with Crippen molar-refractivity contribution >= 4 is 11.3 Å². The third-order valence-corrected chi connectivity index (χ3v) is 5.80. The molecule has 1 fully saturated rings. The van der Waals surface area contributed by atoms with Gasteiger partial charge in [0.25, 0.3) is 0 Å². The molecule has 1 N–H and O–H groups in total. The second-order valence-electron chi connectivity index (χ2n) is 6.68. The average Bonchev–Trinajstić information content (AvgIpc) is 2.88. The van der Waals surface area contributed by atoms with Gasteiger partial charge in [-0.3, -0.25) is 0 Å². The highest BCUT2D eigenvalue weighted by atomic mass is 32.1. The van der Waals surface area contributed by atoms with Crippen molar-refractivity contribution < 1.29 is 4.74 Å².